The maximum atomic E-state index is 12.0. The number of nitrogens with zero attached hydrogens (tertiary/aromatic N) is 1. The molecule has 19 heavy (non-hydrogen) atoms. The highest BCUT2D eigenvalue weighted by molar-refractivity contribution is 5.67. The normalized spacial score (nSPS) is 23.2. The Kier molecular flexibility index (Phi) is 4.80. The van der Waals surface area contributed by atoms with E-state index in [-0.39, 0.29) is 6.09 Å². The number of rotatable bonds is 3. The highest BCUT2D eigenvalue weighted by atomic mass is 16.6. The SMILES string of the molecule is C[C@@H]1C[C@H](CN)CN(C(=O)OCc2ccccc2)C1. The van der Waals surface area contributed by atoms with Crippen LogP contribution in [0, 0.1) is 11.8 Å². The molecule has 1 aliphatic heterocycles. The second kappa shape index (κ2) is 6.57. The quantitative estimate of drug-likeness (QED) is 0.909. The van der Waals surface area contributed by atoms with Crippen LogP contribution >= 0.6 is 0 Å². The van der Waals surface area contributed by atoms with Crippen molar-refractivity contribution < 1.29 is 9.53 Å². The molecule has 0 spiro atoms. The van der Waals surface area contributed by atoms with Gasteiger partial charge in [-0.2, -0.15) is 0 Å². The van der Waals surface area contributed by atoms with Crippen LogP contribution in [0.25, 0.3) is 0 Å². The first-order chi connectivity index (χ1) is 9.19. The van der Waals surface area contributed by atoms with E-state index in [1.54, 1.807) is 4.90 Å². The summed E-state index contributed by atoms with van der Waals surface area (Å²) in [5, 5.41) is 0. The molecule has 0 saturated carbocycles. The topological polar surface area (TPSA) is 55.6 Å². The van der Waals surface area contributed by atoms with Gasteiger partial charge < -0.3 is 15.4 Å². The van der Waals surface area contributed by atoms with E-state index in [1.807, 2.05) is 30.3 Å². The summed E-state index contributed by atoms with van der Waals surface area (Å²) < 4.78 is 5.35. The van der Waals surface area contributed by atoms with Gasteiger partial charge in [-0.05, 0) is 30.4 Å². The third kappa shape index (κ3) is 3.96. The monoisotopic (exact) mass is 262 g/mol. The largest absolute Gasteiger partial charge is 0.445 e. The van der Waals surface area contributed by atoms with Crippen molar-refractivity contribution >= 4 is 6.09 Å². The van der Waals surface area contributed by atoms with Gasteiger partial charge in [0.2, 0.25) is 0 Å². The van der Waals surface area contributed by atoms with E-state index < -0.39 is 0 Å². The summed E-state index contributed by atoms with van der Waals surface area (Å²) in [5.41, 5.74) is 6.72. The summed E-state index contributed by atoms with van der Waals surface area (Å²) in [5.74, 6) is 0.889. The summed E-state index contributed by atoms with van der Waals surface area (Å²) in [4.78, 5) is 13.8. The Morgan fingerprint density at radius 2 is 2.11 bits per heavy atom. The standard InChI is InChI=1S/C15H22N2O2/c1-12-7-14(8-16)10-17(9-12)15(18)19-11-13-5-3-2-4-6-13/h2-6,12,14H,7-11,16H2,1H3/t12-,14-/m1/s1. The van der Waals surface area contributed by atoms with Gasteiger partial charge >= 0.3 is 6.09 Å². The summed E-state index contributed by atoms with van der Waals surface area (Å²) in [6.45, 7) is 4.60. The number of ether oxygens (including phenoxy) is 1. The van der Waals surface area contributed by atoms with E-state index in [0.29, 0.717) is 31.5 Å². The Labute approximate surface area is 114 Å². The lowest BCUT2D eigenvalue weighted by Crippen LogP contribution is -2.45. The van der Waals surface area contributed by atoms with Crippen molar-refractivity contribution in [3.63, 3.8) is 0 Å². The van der Waals surface area contributed by atoms with Crippen LogP contribution in [-0.4, -0.2) is 30.6 Å². The first-order valence-electron chi connectivity index (χ1n) is 6.84. The van der Waals surface area contributed by atoms with E-state index >= 15 is 0 Å². The Hall–Kier alpha value is -1.55. The number of piperidine rings is 1. The molecule has 1 saturated heterocycles. The molecule has 1 fully saturated rings. The molecule has 4 heteroatoms. The summed E-state index contributed by atoms with van der Waals surface area (Å²) in [6.07, 6.45) is 0.868. The molecule has 1 heterocycles. The van der Waals surface area contributed by atoms with Gasteiger partial charge in [-0.15, -0.1) is 0 Å². The summed E-state index contributed by atoms with van der Waals surface area (Å²) in [7, 11) is 0. The zero-order valence-corrected chi connectivity index (χ0v) is 11.4. The fraction of sp³-hybridized carbons (Fsp3) is 0.533. The van der Waals surface area contributed by atoms with Crippen molar-refractivity contribution in [1.82, 2.24) is 4.90 Å². The number of benzene rings is 1. The molecular weight excluding hydrogens is 240 g/mol. The third-order valence-electron chi connectivity index (χ3n) is 3.54. The average molecular weight is 262 g/mol. The maximum Gasteiger partial charge on any atom is 0.410 e. The van der Waals surface area contributed by atoms with E-state index in [1.165, 1.54) is 0 Å². The minimum atomic E-state index is -0.228. The van der Waals surface area contributed by atoms with Gasteiger partial charge in [0.1, 0.15) is 6.61 Å². The van der Waals surface area contributed by atoms with Gasteiger partial charge in [0.15, 0.2) is 0 Å². The molecule has 1 amide bonds. The van der Waals surface area contributed by atoms with Crippen LogP contribution in [0.5, 0.6) is 0 Å². The van der Waals surface area contributed by atoms with E-state index in [2.05, 4.69) is 6.92 Å². The highest BCUT2D eigenvalue weighted by Crippen LogP contribution is 2.21. The Morgan fingerprint density at radius 3 is 2.79 bits per heavy atom. The molecule has 0 bridgehead atoms. The molecule has 0 radical (unpaired) electrons. The van der Waals surface area contributed by atoms with Crippen LogP contribution in [0.15, 0.2) is 30.3 Å². The van der Waals surface area contributed by atoms with Crippen molar-refractivity contribution in [2.75, 3.05) is 19.6 Å². The molecule has 0 aliphatic carbocycles. The smallest absolute Gasteiger partial charge is 0.410 e. The van der Waals surface area contributed by atoms with Crippen LogP contribution in [0.1, 0.15) is 18.9 Å². The predicted molar refractivity (Wildman–Crippen MR) is 74.5 cm³/mol. The van der Waals surface area contributed by atoms with Crippen LogP contribution in [0.4, 0.5) is 4.79 Å². The Bertz CT molecular complexity index is 408. The first-order valence-corrected chi connectivity index (χ1v) is 6.84. The predicted octanol–water partition coefficient (Wildman–Crippen LogP) is 2.24. The zero-order chi connectivity index (χ0) is 13.7. The second-order valence-electron chi connectivity index (χ2n) is 5.39. The van der Waals surface area contributed by atoms with E-state index in [4.69, 9.17) is 10.5 Å². The lowest BCUT2D eigenvalue weighted by atomic mass is 9.91. The van der Waals surface area contributed by atoms with Crippen LogP contribution < -0.4 is 5.73 Å². The molecular formula is C15H22N2O2. The first kappa shape index (κ1) is 13.9. The number of hydrogen-bond acceptors (Lipinski definition) is 3. The van der Waals surface area contributed by atoms with Gasteiger partial charge in [-0.1, -0.05) is 37.3 Å². The van der Waals surface area contributed by atoms with Crippen molar-refractivity contribution in [3.05, 3.63) is 35.9 Å². The summed E-state index contributed by atoms with van der Waals surface area (Å²) >= 11 is 0. The maximum absolute atomic E-state index is 12.0. The minimum absolute atomic E-state index is 0.228. The van der Waals surface area contributed by atoms with Gasteiger partial charge in [0.05, 0.1) is 0 Å². The second-order valence-corrected chi connectivity index (χ2v) is 5.39. The Morgan fingerprint density at radius 1 is 1.37 bits per heavy atom. The fourth-order valence-corrected chi connectivity index (χ4v) is 2.61. The minimum Gasteiger partial charge on any atom is -0.445 e. The number of hydrogen-bond donors (Lipinski definition) is 1. The number of amides is 1. The molecule has 104 valence electrons. The number of carbonyl (C=O) groups excluding carboxylic acids is 1. The third-order valence-corrected chi connectivity index (χ3v) is 3.54. The van der Waals surface area contributed by atoms with E-state index in [9.17, 15) is 4.79 Å². The molecule has 1 aliphatic rings. The molecule has 2 N–H and O–H groups in total. The average Bonchev–Trinajstić information content (AvgIpc) is 2.45. The lowest BCUT2D eigenvalue weighted by molar-refractivity contribution is 0.0683. The number of likely N-dealkylation sites (tertiary alicyclic amines) is 1. The van der Waals surface area contributed by atoms with Crippen molar-refractivity contribution in [1.29, 1.82) is 0 Å². The van der Waals surface area contributed by atoms with Gasteiger partial charge in [-0.25, -0.2) is 4.79 Å². The molecule has 1 aromatic carbocycles. The van der Waals surface area contributed by atoms with Gasteiger partial charge in [0.25, 0.3) is 0 Å². The van der Waals surface area contributed by atoms with Crippen LogP contribution in [0.3, 0.4) is 0 Å². The molecule has 2 rings (SSSR count). The van der Waals surface area contributed by atoms with E-state index in [0.717, 1.165) is 18.5 Å². The highest BCUT2D eigenvalue weighted by Gasteiger charge is 2.27. The van der Waals surface area contributed by atoms with Gasteiger partial charge in [0, 0.05) is 13.1 Å². The Balaban J connectivity index is 1.85. The molecule has 0 aromatic heterocycles. The number of carbonyl (C=O) groups is 1. The lowest BCUT2D eigenvalue weighted by Gasteiger charge is -2.35. The molecule has 0 unspecified atom stereocenters. The molecule has 2 atom stereocenters. The fourth-order valence-electron chi connectivity index (χ4n) is 2.61. The van der Waals surface area contributed by atoms with Crippen LogP contribution in [0.2, 0.25) is 0 Å². The van der Waals surface area contributed by atoms with Gasteiger partial charge in [-0.3, -0.25) is 0 Å². The molecule has 4 nitrogen and oxygen atoms in total. The number of nitrogens with two attached hydrogens (primary N) is 1. The van der Waals surface area contributed by atoms with Crippen LogP contribution in [-0.2, 0) is 11.3 Å². The molecule has 1 aromatic rings. The van der Waals surface area contributed by atoms with Crippen molar-refractivity contribution in [3.8, 4) is 0 Å². The summed E-state index contributed by atoms with van der Waals surface area (Å²) in [6, 6.07) is 9.74. The van der Waals surface area contributed by atoms with Crippen molar-refractivity contribution in [2.45, 2.75) is 20.0 Å². The van der Waals surface area contributed by atoms with Crippen molar-refractivity contribution in [2.24, 2.45) is 17.6 Å². The zero-order valence-electron chi connectivity index (χ0n) is 11.4.